The van der Waals surface area contributed by atoms with Gasteiger partial charge in [0.2, 0.25) is 0 Å². The maximum absolute atomic E-state index is 12.7. The first-order valence-corrected chi connectivity index (χ1v) is 11.0. The average Bonchev–Trinajstić information content (AvgIpc) is 2.75. The van der Waals surface area contributed by atoms with Crippen LogP contribution in [0.3, 0.4) is 0 Å². The van der Waals surface area contributed by atoms with E-state index in [1.807, 2.05) is 13.8 Å². The zero-order valence-corrected chi connectivity index (χ0v) is 20.1. The Morgan fingerprint density at radius 1 is 1.18 bits per heavy atom. The summed E-state index contributed by atoms with van der Waals surface area (Å²) in [6.45, 7) is 5.27. The number of non-ortho nitro benzene ring substituents is 1. The molecule has 0 radical (unpaired) electrons. The van der Waals surface area contributed by atoms with E-state index in [-0.39, 0.29) is 33.7 Å². The molecule has 0 heterocycles. The summed E-state index contributed by atoms with van der Waals surface area (Å²) in [7, 11) is 0. The van der Waals surface area contributed by atoms with Crippen molar-refractivity contribution in [3.63, 3.8) is 0 Å². The molecule has 2 aromatic carbocycles. The van der Waals surface area contributed by atoms with Crippen LogP contribution in [0.4, 0.5) is 5.69 Å². The number of aromatic hydroxyl groups is 1. The second-order valence-corrected chi connectivity index (χ2v) is 8.60. The molecular weight excluding hydrogens is 487 g/mol. The van der Waals surface area contributed by atoms with Crippen molar-refractivity contribution < 1.29 is 24.4 Å². The molecule has 2 atom stereocenters. The molecule has 2 amide bonds. The minimum atomic E-state index is -0.966. The first-order valence-electron chi connectivity index (χ1n) is 10.2. The zero-order chi connectivity index (χ0) is 25.4. The topological polar surface area (TPSA) is 143 Å². The minimum Gasteiger partial charge on any atom is -0.507 e. The van der Waals surface area contributed by atoms with Crippen LogP contribution in [0.5, 0.6) is 11.5 Å². The van der Waals surface area contributed by atoms with Gasteiger partial charge in [0.25, 0.3) is 17.5 Å². The number of phenols is 1. The molecule has 3 N–H and O–H groups in total. The van der Waals surface area contributed by atoms with E-state index in [1.165, 1.54) is 19.1 Å². The normalized spacial score (nSPS) is 12.9. The van der Waals surface area contributed by atoms with E-state index < -0.39 is 28.9 Å². The first-order chi connectivity index (χ1) is 16.0. The van der Waals surface area contributed by atoms with Gasteiger partial charge in [-0.25, -0.2) is 5.43 Å². The smallest absolute Gasteiger partial charge is 0.270 e. The monoisotopic (exact) mass is 510 g/mol. The highest BCUT2D eigenvalue weighted by atomic mass is 35.5. The van der Waals surface area contributed by atoms with Crippen LogP contribution in [0.2, 0.25) is 10.0 Å². The number of rotatable bonds is 10. The third kappa shape index (κ3) is 7.89. The molecule has 0 fully saturated rings. The Bertz CT molecular complexity index is 1090. The number of nitro groups is 1. The Labute approximate surface area is 206 Å². The quantitative estimate of drug-likeness (QED) is 0.249. The van der Waals surface area contributed by atoms with Crippen LogP contribution < -0.4 is 15.5 Å². The van der Waals surface area contributed by atoms with Crippen LogP contribution in [-0.4, -0.2) is 40.2 Å². The van der Waals surface area contributed by atoms with E-state index in [1.54, 1.807) is 6.07 Å². The Hall–Kier alpha value is -3.37. The molecule has 2 aromatic rings. The Morgan fingerprint density at radius 2 is 1.88 bits per heavy atom. The number of carbonyl (C=O) groups is 2. The molecule has 0 aliphatic rings. The molecule has 34 heavy (non-hydrogen) atoms. The predicted octanol–water partition coefficient (Wildman–Crippen LogP) is 4.06. The van der Waals surface area contributed by atoms with Gasteiger partial charge in [-0.05, 0) is 43.5 Å². The van der Waals surface area contributed by atoms with Gasteiger partial charge in [-0.1, -0.05) is 37.0 Å². The van der Waals surface area contributed by atoms with Gasteiger partial charge in [-0.2, -0.15) is 5.10 Å². The maximum Gasteiger partial charge on any atom is 0.270 e. The average molecular weight is 511 g/mol. The first kappa shape index (κ1) is 26.9. The van der Waals surface area contributed by atoms with Crippen LogP contribution in [-0.2, 0) is 9.59 Å². The number of carbonyl (C=O) groups excluding carboxylic acids is 2. The number of nitrogens with one attached hydrogen (secondary N) is 2. The number of nitro benzene ring substituents is 1. The molecule has 0 spiro atoms. The van der Waals surface area contributed by atoms with Crippen molar-refractivity contribution in [3.05, 3.63) is 62.1 Å². The third-order valence-electron chi connectivity index (χ3n) is 4.51. The molecule has 0 bridgehead atoms. The third-order valence-corrected chi connectivity index (χ3v) is 5.04. The molecule has 2 rings (SSSR count). The van der Waals surface area contributed by atoms with Crippen molar-refractivity contribution in [2.24, 2.45) is 11.0 Å². The standard InChI is InChI=1S/C22H24Cl2N4O6/c1-12(2)8-18(26-21(30)13(3)34-20-7-4-15(23)10-17(20)24)22(31)27-25-11-14-9-16(28(32)33)5-6-19(14)29/h4-7,9-13,18,29H,8H2,1-3H3,(H,26,30)(H,27,31)/b25-11-/t13-,18-/m0/s1. The highest BCUT2D eigenvalue weighted by molar-refractivity contribution is 6.35. The number of phenolic OH excluding ortho intramolecular Hbond substituents is 1. The fourth-order valence-electron chi connectivity index (χ4n) is 2.81. The molecule has 0 aliphatic carbocycles. The summed E-state index contributed by atoms with van der Waals surface area (Å²) < 4.78 is 5.58. The second-order valence-electron chi connectivity index (χ2n) is 7.76. The minimum absolute atomic E-state index is 0.0424. The number of hydrogen-bond donors (Lipinski definition) is 3. The SMILES string of the molecule is CC(C)C[C@H](NC(=O)[C@H](C)Oc1ccc(Cl)cc1Cl)C(=O)N/N=C\c1cc([N+](=O)[O-])ccc1O. The summed E-state index contributed by atoms with van der Waals surface area (Å²) >= 11 is 11.9. The summed E-state index contributed by atoms with van der Waals surface area (Å²) in [6, 6.07) is 7.05. The van der Waals surface area contributed by atoms with Crippen LogP contribution in [0.25, 0.3) is 0 Å². The summed E-state index contributed by atoms with van der Waals surface area (Å²) in [5, 5.41) is 27.8. The van der Waals surface area contributed by atoms with Crippen LogP contribution in [0.15, 0.2) is 41.5 Å². The second kappa shape index (κ2) is 12.2. The van der Waals surface area contributed by atoms with Gasteiger partial charge in [0.05, 0.1) is 16.2 Å². The van der Waals surface area contributed by atoms with Crippen molar-refractivity contribution in [1.82, 2.24) is 10.7 Å². The summed E-state index contributed by atoms with van der Waals surface area (Å²) in [5.74, 6) is -1.09. The lowest BCUT2D eigenvalue weighted by Gasteiger charge is -2.22. The van der Waals surface area contributed by atoms with Gasteiger partial charge in [0.1, 0.15) is 17.5 Å². The summed E-state index contributed by atoms with van der Waals surface area (Å²) in [5.41, 5.74) is 2.08. The molecule has 12 heteroatoms. The molecule has 182 valence electrons. The van der Waals surface area contributed by atoms with E-state index in [0.717, 1.165) is 24.4 Å². The number of hydrogen-bond acceptors (Lipinski definition) is 7. The van der Waals surface area contributed by atoms with E-state index in [0.29, 0.717) is 11.4 Å². The number of ether oxygens (including phenoxy) is 1. The molecule has 0 saturated carbocycles. The van der Waals surface area contributed by atoms with Gasteiger partial charge in [0, 0.05) is 22.7 Å². The van der Waals surface area contributed by atoms with Crippen LogP contribution >= 0.6 is 23.2 Å². The lowest BCUT2D eigenvalue weighted by molar-refractivity contribution is -0.384. The van der Waals surface area contributed by atoms with Gasteiger partial charge in [0.15, 0.2) is 6.10 Å². The van der Waals surface area contributed by atoms with Crippen LogP contribution in [0, 0.1) is 16.0 Å². The fraction of sp³-hybridized carbons (Fsp3) is 0.318. The van der Waals surface area contributed by atoms with E-state index in [2.05, 4.69) is 15.8 Å². The number of hydrazone groups is 1. The van der Waals surface area contributed by atoms with E-state index in [9.17, 15) is 24.8 Å². The Balaban J connectivity index is 2.05. The van der Waals surface area contributed by atoms with Gasteiger partial charge >= 0.3 is 0 Å². The molecule has 0 aliphatic heterocycles. The summed E-state index contributed by atoms with van der Waals surface area (Å²) in [4.78, 5) is 35.6. The lowest BCUT2D eigenvalue weighted by atomic mass is 10.0. The van der Waals surface area contributed by atoms with Gasteiger partial charge in [-0.3, -0.25) is 19.7 Å². The van der Waals surface area contributed by atoms with Crippen LogP contribution in [0.1, 0.15) is 32.8 Å². The van der Waals surface area contributed by atoms with E-state index >= 15 is 0 Å². The number of nitrogens with zero attached hydrogens (tertiary/aromatic N) is 2. The molecule has 0 aromatic heterocycles. The maximum atomic E-state index is 12.7. The Kier molecular flexibility index (Phi) is 9.64. The van der Waals surface area contributed by atoms with Gasteiger partial charge in [-0.15, -0.1) is 0 Å². The van der Waals surface area contributed by atoms with Crippen molar-refractivity contribution >= 4 is 46.9 Å². The summed E-state index contributed by atoms with van der Waals surface area (Å²) in [6.07, 6.45) is 0.415. The van der Waals surface area contributed by atoms with Crippen molar-refractivity contribution in [3.8, 4) is 11.5 Å². The van der Waals surface area contributed by atoms with Gasteiger partial charge < -0.3 is 15.2 Å². The largest absolute Gasteiger partial charge is 0.507 e. The molecular formula is C22H24Cl2N4O6. The van der Waals surface area contributed by atoms with E-state index in [4.69, 9.17) is 27.9 Å². The Morgan fingerprint density at radius 3 is 2.50 bits per heavy atom. The molecule has 10 nitrogen and oxygen atoms in total. The number of amides is 2. The van der Waals surface area contributed by atoms with Crippen molar-refractivity contribution in [2.75, 3.05) is 0 Å². The van der Waals surface area contributed by atoms with Crippen molar-refractivity contribution in [1.29, 1.82) is 0 Å². The zero-order valence-electron chi connectivity index (χ0n) is 18.6. The number of halogens is 2. The number of benzene rings is 2. The lowest BCUT2D eigenvalue weighted by Crippen LogP contribution is -2.49. The fourth-order valence-corrected chi connectivity index (χ4v) is 3.26. The highest BCUT2D eigenvalue weighted by Gasteiger charge is 2.25. The van der Waals surface area contributed by atoms with Crippen molar-refractivity contribution in [2.45, 2.75) is 39.3 Å². The molecule has 0 saturated heterocycles. The molecule has 0 unspecified atom stereocenters. The highest BCUT2D eigenvalue weighted by Crippen LogP contribution is 2.28. The predicted molar refractivity (Wildman–Crippen MR) is 128 cm³/mol.